The van der Waals surface area contributed by atoms with Crippen molar-refractivity contribution in [2.24, 2.45) is 0 Å². The Bertz CT molecular complexity index is 1420. The topological polar surface area (TPSA) is 189 Å². The maximum atomic E-state index is 13.2. The van der Waals surface area contributed by atoms with E-state index < -0.39 is 74.2 Å². The van der Waals surface area contributed by atoms with Crippen molar-refractivity contribution < 1.29 is 50.0 Å². The zero-order valence-corrected chi connectivity index (χ0v) is 51.1. The number of rotatable bonds is 58. The average molecular weight is 1120 g/mol. The largest absolute Gasteiger partial charge is 0.394 e. The van der Waals surface area contributed by atoms with Gasteiger partial charge in [0, 0.05) is 0 Å². The van der Waals surface area contributed by atoms with Crippen LogP contribution in [0.25, 0.3) is 0 Å². The maximum absolute atomic E-state index is 13.2. The number of carbonyl (C=O) groups is 1. The molecule has 8 N–H and O–H groups in total. The van der Waals surface area contributed by atoms with Crippen molar-refractivity contribution >= 4 is 5.91 Å². The third-order valence-electron chi connectivity index (χ3n) is 16.1. The molecule has 11 nitrogen and oxygen atoms in total. The van der Waals surface area contributed by atoms with E-state index in [2.05, 4.69) is 67.8 Å². The Morgan fingerprint density at radius 1 is 0.443 bits per heavy atom. The van der Waals surface area contributed by atoms with E-state index >= 15 is 0 Å². The van der Waals surface area contributed by atoms with Crippen molar-refractivity contribution in [2.45, 2.75) is 364 Å². The van der Waals surface area contributed by atoms with Crippen molar-refractivity contribution in [3.63, 3.8) is 0 Å². The molecule has 0 bridgehead atoms. The van der Waals surface area contributed by atoms with Gasteiger partial charge in [0.2, 0.25) is 5.91 Å². The molecule has 0 aromatic rings. The predicted molar refractivity (Wildman–Crippen MR) is 330 cm³/mol. The highest BCUT2D eigenvalue weighted by molar-refractivity contribution is 5.80. The Hall–Kier alpha value is -1.93. The van der Waals surface area contributed by atoms with Crippen LogP contribution < -0.4 is 5.32 Å². The number of hydrogen-bond acceptors (Lipinski definition) is 10. The monoisotopic (exact) mass is 1120 g/mol. The molecular formula is C68H127NO10. The number of ether oxygens (including phenoxy) is 2. The Morgan fingerprint density at radius 3 is 1.20 bits per heavy atom. The summed E-state index contributed by atoms with van der Waals surface area (Å²) in [5.41, 5.74) is 0. The van der Waals surface area contributed by atoms with Crippen LogP contribution in [0.2, 0.25) is 0 Å². The van der Waals surface area contributed by atoms with Gasteiger partial charge in [-0.05, 0) is 83.5 Å². The lowest BCUT2D eigenvalue weighted by atomic mass is 9.98. The van der Waals surface area contributed by atoms with E-state index in [0.717, 1.165) is 44.9 Å². The molecule has 1 saturated heterocycles. The first-order valence-electron chi connectivity index (χ1n) is 33.5. The third-order valence-corrected chi connectivity index (χ3v) is 16.1. The van der Waals surface area contributed by atoms with Crippen LogP contribution in [0.5, 0.6) is 0 Å². The van der Waals surface area contributed by atoms with E-state index in [1.807, 2.05) is 0 Å². The summed E-state index contributed by atoms with van der Waals surface area (Å²) < 4.78 is 11.2. The zero-order chi connectivity index (χ0) is 57.5. The summed E-state index contributed by atoms with van der Waals surface area (Å²) in [6, 6.07) is -1.19. The quantitative estimate of drug-likeness (QED) is 0.0215. The molecule has 1 aliphatic heterocycles. The van der Waals surface area contributed by atoms with Crippen LogP contribution in [0.1, 0.15) is 309 Å². The Labute approximate surface area is 485 Å². The fourth-order valence-corrected chi connectivity index (χ4v) is 10.7. The van der Waals surface area contributed by atoms with Gasteiger partial charge in [-0.1, -0.05) is 274 Å². The second kappa shape index (κ2) is 56.5. The number of nitrogens with one attached hydrogen (secondary N) is 1. The lowest BCUT2D eigenvalue weighted by Crippen LogP contribution is -2.60. The van der Waals surface area contributed by atoms with Crippen LogP contribution in [-0.4, -0.2) is 110 Å². The highest BCUT2D eigenvalue weighted by atomic mass is 16.7. The number of aliphatic hydroxyl groups excluding tert-OH is 7. The number of carbonyl (C=O) groups excluding carboxylic acids is 1. The molecule has 0 spiro atoms. The first kappa shape index (κ1) is 75.1. The van der Waals surface area contributed by atoms with Crippen LogP contribution in [0.4, 0.5) is 0 Å². The number of aliphatic hydroxyl groups is 7. The van der Waals surface area contributed by atoms with Gasteiger partial charge >= 0.3 is 0 Å². The molecule has 1 fully saturated rings. The lowest BCUT2D eigenvalue weighted by molar-refractivity contribution is -0.303. The highest BCUT2D eigenvalue weighted by Gasteiger charge is 2.44. The number of amides is 1. The maximum Gasteiger partial charge on any atom is 0.249 e. The second-order valence-corrected chi connectivity index (χ2v) is 23.5. The molecule has 1 rings (SSSR count). The zero-order valence-electron chi connectivity index (χ0n) is 51.1. The van der Waals surface area contributed by atoms with Crippen molar-refractivity contribution in [3.05, 3.63) is 48.6 Å². The van der Waals surface area contributed by atoms with E-state index in [-0.39, 0.29) is 12.8 Å². The van der Waals surface area contributed by atoms with Gasteiger partial charge in [0.05, 0.1) is 25.4 Å². The minimum atomic E-state index is -1.67. The molecule has 9 atom stereocenters. The van der Waals surface area contributed by atoms with Gasteiger partial charge in [-0.3, -0.25) is 4.79 Å². The summed E-state index contributed by atoms with van der Waals surface area (Å²) in [4.78, 5) is 13.2. The first-order chi connectivity index (χ1) is 38.7. The summed E-state index contributed by atoms with van der Waals surface area (Å²) in [7, 11) is 0. The minimum Gasteiger partial charge on any atom is -0.394 e. The lowest BCUT2D eigenvalue weighted by Gasteiger charge is -2.40. The predicted octanol–water partition coefficient (Wildman–Crippen LogP) is 15.6. The van der Waals surface area contributed by atoms with E-state index in [9.17, 15) is 40.5 Å². The molecule has 11 heteroatoms. The molecule has 1 heterocycles. The fourth-order valence-electron chi connectivity index (χ4n) is 10.7. The van der Waals surface area contributed by atoms with E-state index in [4.69, 9.17) is 9.47 Å². The standard InChI is InChI=1S/C68H127NO10/c1-3-5-7-9-11-13-15-17-19-21-23-24-25-26-27-28-29-30-31-32-33-34-35-36-37-38-40-42-44-46-48-50-52-54-56-61(72)67(77)69-59(58-78-68-66(76)65(75)64(74)62(57-70)79-68)63(73)60(71)55-53-51-49-47-45-43-41-39-22-20-18-16-14-12-10-8-6-4-2/h25-26,28-29,39,41,47,49,59-66,68,70-76H,3-24,27,30-38,40,42-46,48,50-58H2,1-2H3,(H,69,77)/b26-25-,29-28-,41-39+,49-47+. The summed E-state index contributed by atoms with van der Waals surface area (Å²) in [6.07, 6.45) is 62.0. The van der Waals surface area contributed by atoms with Gasteiger partial charge in [0.15, 0.2) is 6.29 Å². The molecular weight excluding hydrogens is 991 g/mol. The fraction of sp³-hybridized carbons (Fsp3) is 0.868. The normalized spacial score (nSPS) is 19.6. The molecule has 0 aromatic carbocycles. The summed E-state index contributed by atoms with van der Waals surface area (Å²) in [6.45, 7) is 3.46. The van der Waals surface area contributed by atoms with Gasteiger partial charge < -0.3 is 50.5 Å². The van der Waals surface area contributed by atoms with E-state index in [1.54, 1.807) is 0 Å². The molecule has 0 saturated carbocycles. The van der Waals surface area contributed by atoms with Gasteiger partial charge in [-0.15, -0.1) is 0 Å². The first-order valence-corrected chi connectivity index (χ1v) is 33.5. The van der Waals surface area contributed by atoms with Crippen LogP contribution in [0.3, 0.4) is 0 Å². The van der Waals surface area contributed by atoms with E-state index in [0.29, 0.717) is 19.3 Å². The number of unbranched alkanes of at least 4 members (excludes halogenated alkanes) is 38. The van der Waals surface area contributed by atoms with Crippen LogP contribution in [0, 0.1) is 0 Å². The molecule has 1 aliphatic rings. The average Bonchev–Trinajstić information content (AvgIpc) is 3.46. The Morgan fingerprint density at radius 2 is 0.797 bits per heavy atom. The molecule has 464 valence electrons. The molecule has 9 unspecified atom stereocenters. The summed E-state index contributed by atoms with van der Waals surface area (Å²) in [5.74, 6) is -0.708. The van der Waals surface area contributed by atoms with Crippen LogP contribution >= 0.6 is 0 Å². The van der Waals surface area contributed by atoms with Gasteiger partial charge in [-0.25, -0.2) is 0 Å². The third kappa shape index (κ3) is 44.3. The smallest absolute Gasteiger partial charge is 0.249 e. The van der Waals surface area contributed by atoms with Crippen LogP contribution in [-0.2, 0) is 14.3 Å². The Balaban J connectivity index is 2.20. The Kier molecular flexibility index (Phi) is 53.7. The van der Waals surface area contributed by atoms with Gasteiger partial charge in [0.1, 0.15) is 36.6 Å². The van der Waals surface area contributed by atoms with Crippen molar-refractivity contribution in [1.29, 1.82) is 0 Å². The summed E-state index contributed by atoms with van der Waals surface area (Å²) in [5, 5.41) is 76.3. The SMILES string of the molecule is CCCCCCCCCCC/C=C/CC/C=C/CCCC(O)C(O)C(COC1OC(CO)C(O)C(O)C1O)NC(=O)C(O)CCCCCCCCCCCCCCCCCC/C=C\C/C=C\CCCCCCCCCCCCC. The molecule has 0 aliphatic carbocycles. The van der Waals surface area contributed by atoms with Crippen molar-refractivity contribution in [2.75, 3.05) is 13.2 Å². The number of hydrogen-bond donors (Lipinski definition) is 8. The molecule has 1 amide bonds. The van der Waals surface area contributed by atoms with Crippen LogP contribution in [0.15, 0.2) is 48.6 Å². The highest BCUT2D eigenvalue weighted by Crippen LogP contribution is 2.24. The molecule has 0 radical (unpaired) electrons. The van der Waals surface area contributed by atoms with E-state index in [1.165, 1.54) is 218 Å². The second-order valence-electron chi connectivity index (χ2n) is 23.5. The molecule has 79 heavy (non-hydrogen) atoms. The van der Waals surface area contributed by atoms with Gasteiger partial charge in [-0.2, -0.15) is 0 Å². The summed E-state index contributed by atoms with van der Waals surface area (Å²) >= 11 is 0. The minimum absolute atomic E-state index is 0.246. The molecule has 0 aromatic heterocycles. The van der Waals surface area contributed by atoms with Crippen molar-refractivity contribution in [3.8, 4) is 0 Å². The number of allylic oxidation sites excluding steroid dienone is 8. The van der Waals surface area contributed by atoms with Crippen molar-refractivity contribution in [1.82, 2.24) is 5.32 Å². The van der Waals surface area contributed by atoms with Gasteiger partial charge in [0.25, 0.3) is 0 Å².